The van der Waals surface area contributed by atoms with Crippen molar-refractivity contribution in [1.82, 2.24) is 0 Å². The van der Waals surface area contributed by atoms with Gasteiger partial charge in [-0.25, -0.2) is 4.39 Å². The summed E-state index contributed by atoms with van der Waals surface area (Å²) in [6.07, 6.45) is 0. The Morgan fingerprint density at radius 1 is 1.35 bits per heavy atom. The first-order valence-electron chi connectivity index (χ1n) is 5.72. The number of anilines is 2. The van der Waals surface area contributed by atoms with Gasteiger partial charge in [0.2, 0.25) is 0 Å². The van der Waals surface area contributed by atoms with E-state index in [2.05, 4.69) is 21.2 Å². The fourth-order valence-electron chi connectivity index (χ4n) is 1.69. The van der Waals surface area contributed by atoms with Crippen molar-refractivity contribution in [3.63, 3.8) is 0 Å². The highest BCUT2D eigenvalue weighted by Crippen LogP contribution is 2.27. The second-order valence-electron chi connectivity index (χ2n) is 4.01. The van der Waals surface area contributed by atoms with Crippen LogP contribution in [0.5, 0.6) is 5.75 Å². The zero-order valence-corrected chi connectivity index (χ0v) is 12.2. The zero-order chi connectivity index (χ0) is 14.7. The molecule has 0 bridgehead atoms. The number of para-hydroxylation sites is 1. The monoisotopic (exact) mass is 338 g/mol. The number of halogens is 2. The molecule has 2 aromatic carbocycles. The summed E-state index contributed by atoms with van der Waals surface area (Å²) in [7, 11) is 1.44. The number of ether oxygens (including phenoxy) is 1. The highest BCUT2D eigenvalue weighted by molar-refractivity contribution is 9.10. The molecule has 2 rings (SSSR count). The predicted octanol–water partition coefficient (Wildman–Crippen LogP) is 3.43. The quantitative estimate of drug-likeness (QED) is 0.842. The first kappa shape index (κ1) is 14.3. The minimum atomic E-state index is -0.526. The molecule has 0 fully saturated rings. The molecule has 0 heterocycles. The second kappa shape index (κ2) is 5.92. The Bertz CT molecular complexity index is 641. The standard InChI is InChI=1S/C14H12BrFN2O2/c1-20-12-7-8(17)5-6-9(12)14(19)18-13-10(15)3-2-4-11(13)16/h2-7H,17H2,1H3,(H,18,19). The van der Waals surface area contributed by atoms with Gasteiger partial charge in [-0.1, -0.05) is 6.07 Å². The first-order valence-corrected chi connectivity index (χ1v) is 6.51. The van der Waals surface area contributed by atoms with E-state index in [1.54, 1.807) is 18.2 Å². The van der Waals surface area contributed by atoms with Crippen LogP contribution in [0, 0.1) is 5.82 Å². The fraction of sp³-hybridized carbons (Fsp3) is 0.0714. The van der Waals surface area contributed by atoms with Crippen LogP contribution in [0.3, 0.4) is 0 Å². The van der Waals surface area contributed by atoms with Gasteiger partial charge >= 0.3 is 0 Å². The van der Waals surface area contributed by atoms with Crippen LogP contribution in [0.4, 0.5) is 15.8 Å². The molecule has 2 aromatic rings. The van der Waals surface area contributed by atoms with E-state index in [1.807, 2.05) is 0 Å². The lowest BCUT2D eigenvalue weighted by atomic mass is 10.1. The van der Waals surface area contributed by atoms with Crippen LogP contribution in [0.1, 0.15) is 10.4 Å². The molecule has 4 nitrogen and oxygen atoms in total. The Morgan fingerprint density at radius 3 is 2.75 bits per heavy atom. The van der Waals surface area contributed by atoms with Crippen LogP contribution >= 0.6 is 15.9 Å². The number of hydrogen-bond donors (Lipinski definition) is 2. The Labute approximate surface area is 123 Å². The molecule has 0 spiro atoms. The van der Waals surface area contributed by atoms with Crippen molar-refractivity contribution < 1.29 is 13.9 Å². The normalized spacial score (nSPS) is 10.2. The van der Waals surface area contributed by atoms with E-state index >= 15 is 0 Å². The van der Waals surface area contributed by atoms with Gasteiger partial charge in [0, 0.05) is 16.2 Å². The molecule has 3 N–H and O–H groups in total. The number of nitrogen functional groups attached to an aromatic ring is 1. The number of methoxy groups -OCH3 is 1. The van der Waals surface area contributed by atoms with Crippen molar-refractivity contribution in [2.75, 3.05) is 18.2 Å². The summed E-state index contributed by atoms with van der Waals surface area (Å²) in [4.78, 5) is 12.2. The molecule has 0 aliphatic heterocycles. The summed E-state index contributed by atoms with van der Waals surface area (Å²) in [6.45, 7) is 0. The first-order chi connectivity index (χ1) is 9.52. The molecule has 0 saturated carbocycles. The van der Waals surface area contributed by atoms with Gasteiger partial charge < -0.3 is 15.8 Å². The van der Waals surface area contributed by atoms with E-state index in [4.69, 9.17) is 10.5 Å². The summed E-state index contributed by atoms with van der Waals surface area (Å²) < 4.78 is 19.2. The molecule has 0 aliphatic carbocycles. The molecule has 1 amide bonds. The van der Waals surface area contributed by atoms with Crippen molar-refractivity contribution >= 4 is 33.2 Å². The Morgan fingerprint density at radius 2 is 2.10 bits per heavy atom. The summed E-state index contributed by atoms with van der Waals surface area (Å²) >= 11 is 3.19. The van der Waals surface area contributed by atoms with Crippen LogP contribution in [0.25, 0.3) is 0 Å². The summed E-state index contributed by atoms with van der Waals surface area (Å²) in [6, 6.07) is 9.08. The minimum Gasteiger partial charge on any atom is -0.496 e. The third kappa shape index (κ3) is 2.91. The van der Waals surface area contributed by atoms with E-state index < -0.39 is 11.7 Å². The lowest BCUT2D eigenvalue weighted by Crippen LogP contribution is -2.14. The third-order valence-electron chi connectivity index (χ3n) is 2.67. The summed E-state index contributed by atoms with van der Waals surface area (Å²) in [5.74, 6) is -0.676. The second-order valence-corrected chi connectivity index (χ2v) is 4.86. The van der Waals surface area contributed by atoms with Crippen LogP contribution in [-0.2, 0) is 0 Å². The highest BCUT2D eigenvalue weighted by atomic mass is 79.9. The van der Waals surface area contributed by atoms with E-state index in [-0.39, 0.29) is 11.3 Å². The maximum atomic E-state index is 13.7. The van der Waals surface area contributed by atoms with Crippen LogP contribution < -0.4 is 15.8 Å². The zero-order valence-electron chi connectivity index (χ0n) is 10.6. The lowest BCUT2D eigenvalue weighted by molar-refractivity contribution is 0.102. The number of amides is 1. The average Bonchev–Trinajstić information content (AvgIpc) is 2.42. The number of carbonyl (C=O) groups is 1. The van der Waals surface area contributed by atoms with Gasteiger partial charge in [0.15, 0.2) is 0 Å². The molecule has 0 aliphatic rings. The number of nitrogens with one attached hydrogen (secondary N) is 1. The smallest absolute Gasteiger partial charge is 0.259 e. The third-order valence-corrected chi connectivity index (χ3v) is 3.33. The maximum Gasteiger partial charge on any atom is 0.259 e. The number of hydrogen-bond acceptors (Lipinski definition) is 3. The van der Waals surface area contributed by atoms with Crippen molar-refractivity contribution in [1.29, 1.82) is 0 Å². The van der Waals surface area contributed by atoms with Crippen molar-refractivity contribution in [2.24, 2.45) is 0 Å². The molecular formula is C14H12BrFN2O2. The Hall–Kier alpha value is -2.08. The Kier molecular flexibility index (Phi) is 4.24. The summed E-state index contributed by atoms with van der Waals surface area (Å²) in [5, 5.41) is 2.51. The number of rotatable bonds is 3. The molecule has 0 atom stereocenters. The Balaban J connectivity index is 2.33. The predicted molar refractivity (Wildman–Crippen MR) is 79.5 cm³/mol. The number of nitrogens with two attached hydrogens (primary N) is 1. The topological polar surface area (TPSA) is 64.3 Å². The van der Waals surface area contributed by atoms with Crippen molar-refractivity contribution in [3.8, 4) is 5.75 Å². The van der Waals surface area contributed by atoms with E-state index in [9.17, 15) is 9.18 Å². The average molecular weight is 339 g/mol. The fourth-order valence-corrected chi connectivity index (χ4v) is 2.13. The minimum absolute atomic E-state index is 0.0800. The molecule has 0 saturated heterocycles. The molecule has 0 aromatic heterocycles. The maximum absolute atomic E-state index is 13.7. The van der Waals surface area contributed by atoms with Gasteiger partial charge in [0.05, 0.1) is 18.4 Å². The van der Waals surface area contributed by atoms with Crippen LogP contribution in [0.2, 0.25) is 0 Å². The van der Waals surface area contributed by atoms with Gasteiger partial charge in [-0.2, -0.15) is 0 Å². The van der Waals surface area contributed by atoms with Crippen molar-refractivity contribution in [3.05, 3.63) is 52.3 Å². The van der Waals surface area contributed by atoms with E-state index in [0.717, 1.165) is 0 Å². The summed E-state index contributed by atoms with van der Waals surface area (Å²) in [5.41, 5.74) is 6.46. The molecule has 0 unspecified atom stereocenters. The van der Waals surface area contributed by atoms with Crippen LogP contribution in [-0.4, -0.2) is 13.0 Å². The van der Waals surface area contributed by atoms with Crippen LogP contribution in [0.15, 0.2) is 40.9 Å². The van der Waals surface area contributed by atoms with Gasteiger partial charge in [-0.3, -0.25) is 4.79 Å². The lowest BCUT2D eigenvalue weighted by Gasteiger charge is -2.11. The molecule has 6 heteroatoms. The SMILES string of the molecule is COc1cc(N)ccc1C(=O)Nc1c(F)cccc1Br. The highest BCUT2D eigenvalue weighted by Gasteiger charge is 2.16. The van der Waals surface area contributed by atoms with Crippen molar-refractivity contribution in [2.45, 2.75) is 0 Å². The largest absolute Gasteiger partial charge is 0.496 e. The van der Waals surface area contributed by atoms with E-state index in [1.165, 1.54) is 25.3 Å². The van der Waals surface area contributed by atoms with Gasteiger partial charge in [0.25, 0.3) is 5.91 Å². The number of benzene rings is 2. The van der Waals surface area contributed by atoms with Gasteiger partial charge in [-0.05, 0) is 40.2 Å². The molecule has 104 valence electrons. The number of carbonyl (C=O) groups excluding carboxylic acids is 1. The molecule has 20 heavy (non-hydrogen) atoms. The van der Waals surface area contributed by atoms with Gasteiger partial charge in [0.1, 0.15) is 11.6 Å². The molecule has 0 radical (unpaired) electrons. The van der Waals surface area contributed by atoms with E-state index in [0.29, 0.717) is 15.9 Å². The van der Waals surface area contributed by atoms with Gasteiger partial charge in [-0.15, -0.1) is 0 Å². The molecular weight excluding hydrogens is 327 g/mol.